The van der Waals surface area contributed by atoms with Crippen LogP contribution in [0.1, 0.15) is 11.1 Å². The number of fused-ring (bicyclic) bond motifs is 1. The molecule has 0 spiro atoms. The SMILES string of the molecule is Cc1ccc(-c2nc3ccccn3c2N=Nc2cc(C)ccc2O)cc1. The molecule has 1 N–H and O–H groups in total. The van der Waals surface area contributed by atoms with E-state index >= 15 is 0 Å². The van der Waals surface area contributed by atoms with E-state index in [2.05, 4.69) is 17.2 Å². The van der Waals surface area contributed by atoms with Gasteiger partial charge in [-0.2, -0.15) is 0 Å². The molecule has 0 atom stereocenters. The molecule has 2 aromatic carbocycles. The van der Waals surface area contributed by atoms with Crippen molar-refractivity contribution in [1.82, 2.24) is 9.38 Å². The number of hydrogen-bond donors (Lipinski definition) is 1. The fourth-order valence-corrected chi connectivity index (χ4v) is 2.80. The lowest BCUT2D eigenvalue weighted by molar-refractivity contribution is 0.476. The maximum Gasteiger partial charge on any atom is 0.187 e. The number of phenolic OH excluding ortho intramolecular Hbond substituents is 1. The Labute approximate surface area is 151 Å². The normalized spacial score (nSPS) is 11.5. The molecule has 4 aromatic rings. The summed E-state index contributed by atoms with van der Waals surface area (Å²) in [5.74, 6) is 0.732. The van der Waals surface area contributed by atoms with Crippen LogP contribution in [0.3, 0.4) is 0 Å². The number of aromatic hydroxyl groups is 1. The Morgan fingerprint density at radius 3 is 2.46 bits per heavy atom. The number of aromatic nitrogens is 2. The number of azo groups is 1. The monoisotopic (exact) mass is 342 g/mol. The lowest BCUT2D eigenvalue weighted by Gasteiger charge is -2.02. The number of pyridine rings is 1. The second kappa shape index (κ2) is 6.44. The topological polar surface area (TPSA) is 62.2 Å². The zero-order chi connectivity index (χ0) is 18.1. The highest BCUT2D eigenvalue weighted by molar-refractivity contribution is 5.74. The molecule has 4 rings (SSSR count). The van der Waals surface area contributed by atoms with Crippen molar-refractivity contribution < 1.29 is 5.11 Å². The summed E-state index contributed by atoms with van der Waals surface area (Å²) in [6.07, 6.45) is 1.91. The van der Waals surface area contributed by atoms with Crippen LogP contribution in [0.2, 0.25) is 0 Å². The van der Waals surface area contributed by atoms with Crippen LogP contribution in [0.15, 0.2) is 77.1 Å². The van der Waals surface area contributed by atoms with Crippen molar-refractivity contribution in [2.45, 2.75) is 13.8 Å². The van der Waals surface area contributed by atoms with Gasteiger partial charge in [0.1, 0.15) is 22.8 Å². The second-order valence-electron chi connectivity index (χ2n) is 6.27. The van der Waals surface area contributed by atoms with Crippen molar-refractivity contribution >= 4 is 17.2 Å². The number of hydrogen-bond acceptors (Lipinski definition) is 4. The van der Waals surface area contributed by atoms with Crippen molar-refractivity contribution in [3.8, 4) is 17.0 Å². The first-order chi connectivity index (χ1) is 12.6. The van der Waals surface area contributed by atoms with Crippen molar-refractivity contribution in [3.05, 3.63) is 78.0 Å². The molecule has 0 saturated carbocycles. The van der Waals surface area contributed by atoms with Crippen LogP contribution in [-0.2, 0) is 0 Å². The van der Waals surface area contributed by atoms with E-state index in [4.69, 9.17) is 4.98 Å². The van der Waals surface area contributed by atoms with Gasteiger partial charge in [-0.15, -0.1) is 10.2 Å². The van der Waals surface area contributed by atoms with Crippen molar-refractivity contribution in [2.75, 3.05) is 0 Å². The second-order valence-corrected chi connectivity index (χ2v) is 6.27. The van der Waals surface area contributed by atoms with Crippen LogP contribution in [0, 0.1) is 13.8 Å². The molecule has 2 aromatic heterocycles. The summed E-state index contributed by atoms with van der Waals surface area (Å²) >= 11 is 0. The Bertz CT molecular complexity index is 1110. The van der Waals surface area contributed by atoms with Gasteiger partial charge in [0, 0.05) is 11.8 Å². The predicted octanol–water partition coefficient (Wildman–Crippen LogP) is 5.74. The molecule has 0 aliphatic rings. The fourth-order valence-electron chi connectivity index (χ4n) is 2.80. The number of rotatable bonds is 3. The fraction of sp³-hybridized carbons (Fsp3) is 0.0952. The molecule has 5 heteroatoms. The summed E-state index contributed by atoms with van der Waals surface area (Å²) in [5, 5.41) is 18.7. The van der Waals surface area contributed by atoms with E-state index in [1.807, 2.05) is 66.1 Å². The van der Waals surface area contributed by atoms with Gasteiger partial charge in [0.05, 0.1) is 0 Å². The number of imidazole rings is 1. The summed E-state index contributed by atoms with van der Waals surface area (Å²) in [4.78, 5) is 4.71. The third-order valence-corrected chi connectivity index (χ3v) is 4.21. The van der Waals surface area contributed by atoms with E-state index in [-0.39, 0.29) is 5.75 Å². The van der Waals surface area contributed by atoms with Crippen LogP contribution in [0.4, 0.5) is 11.5 Å². The summed E-state index contributed by atoms with van der Waals surface area (Å²) in [7, 11) is 0. The highest BCUT2D eigenvalue weighted by Crippen LogP contribution is 2.34. The number of aryl methyl sites for hydroxylation is 2. The molecule has 2 heterocycles. The Morgan fingerprint density at radius 2 is 1.65 bits per heavy atom. The Kier molecular flexibility index (Phi) is 3.97. The van der Waals surface area contributed by atoms with Crippen molar-refractivity contribution in [2.24, 2.45) is 10.2 Å². The van der Waals surface area contributed by atoms with Crippen LogP contribution in [-0.4, -0.2) is 14.5 Å². The van der Waals surface area contributed by atoms with Crippen molar-refractivity contribution in [1.29, 1.82) is 0 Å². The first-order valence-corrected chi connectivity index (χ1v) is 8.37. The molecule has 5 nitrogen and oxygen atoms in total. The highest BCUT2D eigenvalue weighted by atomic mass is 16.3. The number of phenols is 1. The summed E-state index contributed by atoms with van der Waals surface area (Å²) in [5.41, 5.74) is 5.16. The van der Waals surface area contributed by atoms with E-state index in [9.17, 15) is 5.11 Å². The lowest BCUT2D eigenvalue weighted by Crippen LogP contribution is -1.82. The highest BCUT2D eigenvalue weighted by Gasteiger charge is 2.14. The standard InChI is InChI=1S/C21H18N4O/c1-14-6-9-16(10-7-14)20-21(25-12-4-3-5-19(25)22-20)24-23-17-13-15(2)8-11-18(17)26/h3-13,26H,1-2H3. The van der Waals surface area contributed by atoms with Crippen LogP contribution in [0.5, 0.6) is 5.75 Å². The quantitative estimate of drug-likeness (QED) is 0.483. The van der Waals surface area contributed by atoms with E-state index in [1.165, 1.54) is 5.56 Å². The zero-order valence-electron chi connectivity index (χ0n) is 14.6. The minimum Gasteiger partial charge on any atom is -0.506 e. The minimum absolute atomic E-state index is 0.102. The molecule has 128 valence electrons. The number of nitrogens with zero attached hydrogens (tertiary/aromatic N) is 4. The summed E-state index contributed by atoms with van der Waals surface area (Å²) in [6, 6.07) is 19.2. The molecule has 0 bridgehead atoms. The Hall–Kier alpha value is -3.47. The summed E-state index contributed by atoms with van der Waals surface area (Å²) < 4.78 is 1.89. The van der Waals surface area contributed by atoms with Gasteiger partial charge in [0.2, 0.25) is 0 Å². The van der Waals surface area contributed by atoms with Crippen LogP contribution >= 0.6 is 0 Å². The van der Waals surface area contributed by atoms with Gasteiger partial charge >= 0.3 is 0 Å². The maximum absolute atomic E-state index is 10.0. The lowest BCUT2D eigenvalue weighted by atomic mass is 10.1. The van der Waals surface area contributed by atoms with E-state index in [1.54, 1.807) is 12.1 Å². The molecule has 0 fully saturated rings. The van der Waals surface area contributed by atoms with E-state index < -0.39 is 0 Å². The van der Waals surface area contributed by atoms with Gasteiger partial charge in [0.15, 0.2) is 5.82 Å². The molecule has 0 saturated heterocycles. The third kappa shape index (κ3) is 2.95. The van der Waals surface area contributed by atoms with Gasteiger partial charge in [0.25, 0.3) is 0 Å². The summed E-state index contributed by atoms with van der Waals surface area (Å²) in [6.45, 7) is 4.00. The predicted molar refractivity (Wildman–Crippen MR) is 102 cm³/mol. The molecular weight excluding hydrogens is 324 g/mol. The molecule has 0 aliphatic heterocycles. The molecular formula is C21H18N4O. The average molecular weight is 342 g/mol. The molecule has 0 radical (unpaired) electrons. The van der Waals surface area contributed by atoms with E-state index in [0.717, 1.165) is 22.5 Å². The number of benzene rings is 2. The average Bonchev–Trinajstić information content (AvgIpc) is 3.02. The largest absolute Gasteiger partial charge is 0.506 e. The molecule has 0 unspecified atom stereocenters. The van der Waals surface area contributed by atoms with Gasteiger partial charge in [-0.05, 0) is 43.7 Å². The van der Waals surface area contributed by atoms with Gasteiger partial charge in [-0.3, -0.25) is 4.40 Å². The Morgan fingerprint density at radius 1 is 0.885 bits per heavy atom. The molecule has 0 amide bonds. The smallest absolute Gasteiger partial charge is 0.187 e. The van der Waals surface area contributed by atoms with E-state index in [0.29, 0.717) is 11.5 Å². The van der Waals surface area contributed by atoms with Crippen LogP contribution in [0.25, 0.3) is 16.9 Å². The zero-order valence-corrected chi connectivity index (χ0v) is 14.6. The minimum atomic E-state index is 0.102. The van der Waals surface area contributed by atoms with Gasteiger partial charge in [-0.1, -0.05) is 42.0 Å². The third-order valence-electron chi connectivity index (χ3n) is 4.21. The maximum atomic E-state index is 10.0. The van der Waals surface area contributed by atoms with Crippen LogP contribution < -0.4 is 0 Å². The molecule has 0 aliphatic carbocycles. The van der Waals surface area contributed by atoms with Gasteiger partial charge in [-0.25, -0.2) is 4.98 Å². The first-order valence-electron chi connectivity index (χ1n) is 8.37. The molecule has 26 heavy (non-hydrogen) atoms. The van der Waals surface area contributed by atoms with Gasteiger partial charge < -0.3 is 5.11 Å². The first kappa shape index (κ1) is 16.0. The Balaban J connectivity index is 1.87. The van der Waals surface area contributed by atoms with Crippen molar-refractivity contribution in [3.63, 3.8) is 0 Å².